The average molecular weight is 402 g/mol. The van der Waals surface area contributed by atoms with Crippen molar-refractivity contribution in [1.82, 2.24) is 20.4 Å². The van der Waals surface area contributed by atoms with Gasteiger partial charge in [0.1, 0.15) is 5.75 Å². The third-order valence-electron chi connectivity index (χ3n) is 5.15. The summed E-state index contributed by atoms with van der Waals surface area (Å²) in [4.78, 5) is 29.7. The molecule has 0 radical (unpaired) electrons. The molecule has 1 fully saturated rings. The SMILES string of the molecule is CCOC(=O)C1=C(CN2CCN(C)CC2)NC(=O)N[C@@H]1c1ccc(OCC)cc1. The van der Waals surface area contributed by atoms with Gasteiger partial charge in [-0.3, -0.25) is 4.90 Å². The Kier molecular flexibility index (Phi) is 7.11. The molecule has 8 nitrogen and oxygen atoms in total. The summed E-state index contributed by atoms with van der Waals surface area (Å²) >= 11 is 0. The molecule has 1 saturated heterocycles. The summed E-state index contributed by atoms with van der Waals surface area (Å²) < 4.78 is 10.8. The first kappa shape index (κ1) is 21.1. The first-order valence-corrected chi connectivity index (χ1v) is 10.1. The lowest BCUT2D eigenvalue weighted by Gasteiger charge is -2.35. The standard InChI is InChI=1S/C21H30N4O4/c1-4-28-16-8-6-15(7-9-16)19-18(20(26)29-5-2)17(22-21(27)23-19)14-25-12-10-24(3)11-13-25/h6-9,19H,4-5,10-14H2,1-3H3,(H2,22,23,27)/t19-/m1/s1. The maximum atomic E-state index is 12.8. The fourth-order valence-corrected chi connectivity index (χ4v) is 3.60. The Bertz CT molecular complexity index is 754. The van der Waals surface area contributed by atoms with Crippen LogP contribution in [-0.4, -0.2) is 74.8 Å². The second-order valence-electron chi connectivity index (χ2n) is 7.23. The van der Waals surface area contributed by atoms with E-state index in [0.29, 0.717) is 24.4 Å². The number of carbonyl (C=O) groups is 2. The first-order valence-electron chi connectivity index (χ1n) is 10.1. The van der Waals surface area contributed by atoms with Crippen LogP contribution in [-0.2, 0) is 9.53 Å². The Morgan fingerprint density at radius 3 is 2.41 bits per heavy atom. The van der Waals surface area contributed by atoms with Crippen molar-refractivity contribution in [2.75, 3.05) is 53.0 Å². The molecule has 2 amide bonds. The highest BCUT2D eigenvalue weighted by atomic mass is 16.5. The molecule has 0 unspecified atom stereocenters. The summed E-state index contributed by atoms with van der Waals surface area (Å²) in [5, 5.41) is 5.72. The monoisotopic (exact) mass is 402 g/mol. The number of hydrogen-bond acceptors (Lipinski definition) is 6. The Hall–Kier alpha value is -2.58. The molecule has 1 atom stereocenters. The number of piperazine rings is 1. The fourth-order valence-electron chi connectivity index (χ4n) is 3.60. The molecular formula is C21H30N4O4. The molecule has 0 saturated carbocycles. The zero-order valence-electron chi connectivity index (χ0n) is 17.4. The van der Waals surface area contributed by atoms with Crippen LogP contribution >= 0.6 is 0 Å². The van der Waals surface area contributed by atoms with E-state index in [1.165, 1.54) is 0 Å². The van der Waals surface area contributed by atoms with E-state index >= 15 is 0 Å². The van der Waals surface area contributed by atoms with Gasteiger partial charge in [-0.05, 0) is 38.6 Å². The van der Waals surface area contributed by atoms with E-state index in [-0.39, 0.29) is 12.6 Å². The molecule has 8 heteroatoms. The van der Waals surface area contributed by atoms with Crippen molar-refractivity contribution in [3.05, 3.63) is 41.1 Å². The number of rotatable bonds is 7. The van der Waals surface area contributed by atoms with Crippen LogP contribution in [0.5, 0.6) is 5.75 Å². The normalized spacial score (nSPS) is 20.8. The number of ether oxygens (including phenoxy) is 2. The van der Waals surface area contributed by atoms with Crippen molar-refractivity contribution >= 4 is 12.0 Å². The highest BCUT2D eigenvalue weighted by molar-refractivity contribution is 5.95. The Morgan fingerprint density at radius 1 is 1.10 bits per heavy atom. The van der Waals surface area contributed by atoms with Crippen LogP contribution in [0.25, 0.3) is 0 Å². The van der Waals surface area contributed by atoms with Crippen molar-refractivity contribution < 1.29 is 19.1 Å². The highest BCUT2D eigenvalue weighted by Crippen LogP contribution is 2.29. The molecule has 2 aliphatic rings. The van der Waals surface area contributed by atoms with Crippen LogP contribution < -0.4 is 15.4 Å². The number of likely N-dealkylation sites (N-methyl/N-ethyl adjacent to an activating group) is 1. The van der Waals surface area contributed by atoms with E-state index in [4.69, 9.17) is 9.47 Å². The first-order chi connectivity index (χ1) is 14.0. The lowest BCUT2D eigenvalue weighted by atomic mass is 9.94. The lowest BCUT2D eigenvalue weighted by molar-refractivity contribution is -0.139. The van der Waals surface area contributed by atoms with Gasteiger partial charge in [0.25, 0.3) is 0 Å². The van der Waals surface area contributed by atoms with E-state index in [1.807, 2.05) is 31.2 Å². The Morgan fingerprint density at radius 2 is 1.79 bits per heavy atom. The molecule has 2 heterocycles. The van der Waals surface area contributed by atoms with E-state index in [1.54, 1.807) is 6.92 Å². The van der Waals surface area contributed by atoms with Gasteiger partial charge >= 0.3 is 12.0 Å². The molecule has 0 aromatic heterocycles. The molecule has 1 aromatic rings. The van der Waals surface area contributed by atoms with Crippen molar-refractivity contribution in [3.8, 4) is 5.75 Å². The molecule has 158 valence electrons. The van der Waals surface area contributed by atoms with Gasteiger partial charge in [-0.25, -0.2) is 9.59 Å². The van der Waals surface area contributed by atoms with Crippen LogP contribution in [0.3, 0.4) is 0 Å². The van der Waals surface area contributed by atoms with Gasteiger partial charge < -0.3 is 25.0 Å². The Labute approximate surface area is 171 Å². The number of hydrogen-bond donors (Lipinski definition) is 2. The molecule has 29 heavy (non-hydrogen) atoms. The molecular weight excluding hydrogens is 372 g/mol. The number of urea groups is 1. The average Bonchev–Trinajstić information content (AvgIpc) is 2.70. The number of benzene rings is 1. The Balaban J connectivity index is 1.91. The van der Waals surface area contributed by atoms with Gasteiger partial charge in [0.05, 0.1) is 24.8 Å². The third kappa shape index (κ3) is 5.27. The quantitative estimate of drug-likeness (QED) is 0.673. The van der Waals surface area contributed by atoms with E-state index in [9.17, 15) is 9.59 Å². The second-order valence-corrected chi connectivity index (χ2v) is 7.23. The number of nitrogens with one attached hydrogen (secondary N) is 2. The van der Waals surface area contributed by atoms with E-state index in [0.717, 1.165) is 37.5 Å². The molecule has 3 rings (SSSR count). The van der Waals surface area contributed by atoms with Crippen LogP contribution in [0.15, 0.2) is 35.5 Å². The minimum absolute atomic E-state index is 0.272. The smallest absolute Gasteiger partial charge is 0.338 e. The fraction of sp³-hybridized carbons (Fsp3) is 0.524. The summed E-state index contributed by atoms with van der Waals surface area (Å²) in [6.45, 7) is 8.73. The van der Waals surface area contributed by atoms with Gasteiger partial charge in [0, 0.05) is 38.4 Å². The van der Waals surface area contributed by atoms with E-state index in [2.05, 4.69) is 27.5 Å². The summed E-state index contributed by atoms with van der Waals surface area (Å²) in [6, 6.07) is 6.54. The van der Waals surface area contributed by atoms with Gasteiger partial charge in [0.15, 0.2) is 0 Å². The van der Waals surface area contributed by atoms with Gasteiger partial charge in [-0.1, -0.05) is 12.1 Å². The van der Waals surface area contributed by atoms with Crippen molar-refractivity contribution in [2.24, 2.45) is 0 Å². The molecule has 2 N–H and O–H groups in total. The number of carbonyl (C=O) groups excluding carboxylic acids is 2. The van der Waals surface area contributed by atoms with Gasteiger partial charge in [-0.15, -0.1) is 0 Å². The minimum Gasteiger partial charge on any atom is -0.494 e. The topological polar surface area (TPSA) is 83.1 Å². The number of amides is 2. The molecule has 1 aromatic carbocycles. The molecule has 2 aliphatic heterocycles. The molecule has 0 spiro atoms. The largest absolute Gasteiger partial charge is 0.494 e. The number of nitrogens with zero attached hydrogens (tertiary/aromatic N) is 2. The second kappa shape index (κ2) is 9.76. The summed E-state index contributed by atoms with van der Waals surface area (Å²) in [5.74, 6) is 0.332. The zero-order valence-corrected chi connectivity index (χ0v) is 17.4. The van der Waals surface area contributed by atoms with Gasteiger partial charge in [0.2, 0.25) is 0 Å². The van der Waals surface area contributed by atoms with Crippen LogP contribution in [0.2, 0.25) is 0 Å². The van der Waals surface area contributed by atoms with E-state index < -0.39 is 12.0 Å². The predicted molar refractivity (Wildman–Crippen MR) is 110 cm³/mol. The maximum absolute atomic E-state index is 12.8. The lowest BCUT2D eigenvalue weighted by Crippen LogP contribution is -2.51. The van der Waals surface area contributed by atoms with Crippen LogP contribution in [0.4, 0.5) is 4.79 Å². The van der Waals surface area contributed by atoms with Crippen molar-refractivity contribution in [3.63, 3.8) is 0 Å². The third-order valence-corrected chi connectivity index (χ3v) is 5.15. The highest BCUT2D eigenvalue weighted by Gasteiger charge is 2.34. The predicted octanol–water partition coefficient (Wildman–Crippen LogP) is 1.50. The summed E-state index contributed by atoms with van der Waals surface area (Å²) in [6.07, 6.45) is 0. The molecule has 0 bridgehead atoms. The van der Waals surface area contributed by atoms with Crippen molar-refractivity contribution in [1.29, 1.82) is 0 Å². The van der Waals surface area contributed by atoms with Crippen molar-refractivity contribution in [2.45, 2.75) is 19.9 Å². The summed E-state index contributed by atoms with van der Waals surface area (Å²) in [7, 11) is 2.09. The maximum Gasteiger partial charge on any atom is 0.338 e. The van der Waals surface area contributed by atoms with Crippen LogP contribution in [0.1, 0.15) is 25.5 Å². The van der Waals surface area contributed by atoms with Crippen LogP contribution in [0, 0.1) is 0 Å². The minimum atomic E-state index is -0.569. The molecule has 0 aliphatic carbocycles. The zero-order chi connectivity index (χ0) is 20.8. The summed E-state index contributed by atoms with van der Waals surface area (Å²) in [5.41, 5.74) is 1.87. The number of esters is 1. The van der Waals surface area contributed by atoms with Gasteiger partial charge in [-0.2, -0.15) is 0 Å².